The number of rotatable bonds is 7. The van der Waals surface area contributed by atoms with E-state index in [-0.39, 0.29) is 0 Å². The number of hydrogen-bond acceptors (Lipinski definition) is 8. The molecule has 2 aliphatic carbocycles. The lowest BCUT2D eigenvalue weighted by Gasteiger charge is -2.32. The first-order chi connectivity index (χ1) is 17.7. The van der Waals surface area contributed by atoms with Gasteiger partial charge in [0.05, 0.1) is 6.33 Å². The Morgan fingerprint density at radius 2 is 1.78 bits per heavy atom. The van der Waals surface area contributed by atoms with Gasteiger partial charge in [0.25, 0.3) is 0 Å². The second kappa shape index (κ2) is 10.7. The molecule has 0 aromatic carbocycles. The zero-order valence-corrected chi connectivity index (χ0v) is 21.1. The molecule has 2 saturated carbocycles. The lowest BCUT2D eigenvalue weighted by Crippen LogP contribution is -2.39. The predicted molar refractivity (Wildman–Crippen MR) is 143 cm³/mol. The van der Waals surface area contributed by atoms with Gasteiger partial charge in [-0.15, -0.1) is 0 Å². The Bertz CT molecular complexity index is 1120. The van der Waals surface area contributed by atoms with Crippen LogP contribution in [0.15, 0.2) is 30.9 Å². The molecule has 36 heavy (non-hydrogen) atoms. The average molecular weight is 490 g/mol. The number of pyridine rings is 1. The summed E-state index contributed by atoms with van der Waals surface area (Å²) in [4.78, 5) is 19.0. The molecule has 0 bridgehead atoms. The van der Waals surface area contributed by atoms with Crippen LogP contribution in [-0.2, 0) is 6.42 Å². The lowest BCUT2D eigenvalue weighted by molar-refractivity contribution is 0.216. The number of fused-ring (bicyclic) bond motifs is 1. The van der Waals surface area contributed by atoms with Crippen molar-refractivity contribution in [2.45, 2.75) is 88.8 Å². The molecule has 1 saturated heterocycles. The van der Waals surface area contributed by atoms with E-state index in [0.717, 1.165) is 75.0 Å². The Balaban J connectivity index is 1.19. The molecular weight excluding hydrogens is 450 g/mol. The van der Waals surface area contributed by atoms with Gasteiger partial charge in [-0.25, -0.2) is 9.99 Å². The van der Waals surface area contributed by atoms with E-state index < -0.39 is 0 Å². The predicted octanol–water partition coefficient (Wildman–Crippen LogP) is 4.30. The summed E-state index contributed by atoms with van der Waals surface area (Å²) < 4.78 is 2.29. The van der Waals surface area contributed by atoms with Crippen molar-refractivity contribution in [3.8, 4) is 0 Å². The van der Waals surface area contributed by atoms with Gasteiger partial charge in [0.2, 0.25) is 5.95 Å². The number of imidazole rings is 1. The molecule has 192 valence electrons. The molecule has 3 aromatic rings. The van der Waals surface area contributed by atoms with E-state index in [4.69, 9.17) is 20.7 Å². The third-order valence-corrected chi connectivity index (χ3v) is 8.37. The van der Waals surface area contributed by atoms with Crippen molar-refractivity contribution in [2.24, 2.45) is 11.7 Å². The zero-order chi connectivity index (χ0) is 24.3. The molecule has 1 aliphatic heterocycles. The molecule has 9 nitrogen and oxygen atoms in total. The molecule has 0 amide bonds. The van der Waals surface area contributed by atoms with Gasteiger partial charge in [0.15, 0.2) is 17.0 Å². The maximum absolute atomic E-state index is 6.13. The largest absolute Gasteiger partial charge is 0.351 e. The number of nitrogens with one attached hydrogen (secondary N) is 2. The highest BCUT2D eigenvalue weighted by Gasteiger charge is 2.26. The molecular formula is C27H39N9. The van der Waals surface area contributed by atoms with E-state index in [1.54, 1.807) is 0 Å². The summed E-state index contributed by atoms with van der Waals surface area (Å²) in [5.41, 5.74) is 12.9. The summed E-state index contributed by atoms with van der Waals surface area (Å²) in [6, 6.07) is 5.41. The van der Waals surface area contributed by atoms with Crippen LogP contribution in [0.2, 0.25) is 0 Å². The molecule has 3 fully saturated rings. The monoisotopic (exact) mass is 489 g/mol. The fourth-order valence-corrected chi connectivity index (χ4v) is 6.21. The topological polar surface area (TPSA) is 110 Å². The molecule has 0 spiro atoms. The first kappa shape index (κ1) is 23.6. The van der Waals surface area contributed by atoms with Crippen LogP contribution in [0, 0.1) is 5.92 Å². The minimum Gasteiger partial charge on any atom is -0.351 e. The van der Waals surface area contributed by atoms with Crippen molar-refractivity contribution in [3.05, 3.63) is 36.4 Å². The van der Waals surface area contributed by atoms with Crippen molar-refractivity contribution >= 4 is 22.9 Å². The van der Waals surface area contributed by atoms with Gasteiger partial charge in [-0.1, -0.05) is 18.9 Å². The molecule has 4 N–H and O–H groups in total. The number of hydrogen-bond donors (Lipinski definition) is 3. The van der Waals surface area contributed by atoms with E-state index in [0.29, 0.717) is 30.0 Å². The second-order valence-corrected chi connectivity index (χ2v) is 11.0. The summed E-state index contributed by atoms with van der Waals surface area (Å²) in [5, 5.41) is 5.93. The highest BCUT2D eigenvalue weighted by Crippen LogP contribution is 2.34. The van der Waals surface area contributed by atoms with E-state index in [9.17, 15) is 0 Å². The summed E-state index contributed by atoms with van der Waals surface area (Å²) >= 11 is 0. The average Bonchev–Trinajstić information content (AvgIpc) is 3.58. The van der Waals surface area contributed by atoms with Crippen LogP contribution in [0.5, 0.6) is 0 Å². The number of nitrogens with zero attached hydrogens (tertiary/aromatic N) is 6. The SMILES string of the molecule is NC1CCC(Nc2nc(NN3CCC(Cc4cccnc4)CC3)c3ncn(C4CCCC4)c3n2)CC1. The minimum atomic E-state index is 0.327. The van der Waals surface area contributed by atoms with Crippen molar-refractivity contribution in [1.29, 1.82) is 0 Å². The van der Waals surface area contributed by atoms with Gasteiger partial charge in [0.1, 0.15) is 0 Å². The molecule has 0 unspecified atom stereocenters. The summed E-state index contributed by atoms with van der Waals surface area (Å²) in [6.45, 7) is 1.98. The lowest BCUT2D eigenvalue weighted by atomic mass is 9.91. The number of hydrazine groups is 1. The van der Waals surface area contributed by atoms with Crippen LogP contribution in [0.25, 0.3) is 11.2 Å². The van der Waals surface area contributed by atoms with Crippen LogP contribution in [0.1, 0.15) is 75.8 Å². The van der Waals surface area contributed by atoms with Crippen molar-refractivity contribution < 1.29 is 0 Å². The molecule has 0 radical (unpaired) electrons. The number of nitrogens with two attached hydrogens (primary N) is 1. The Morgan fingerprint density at radius 1 is 0.972 bits per heavy atom. The summed E-state index contributed by atoms with van der Waals surface area (Å²) in [5.74, 6) is 2.21. The first-order valence-electron chi connectivity index (χ1n) is 13.9. The molecule has 4 heterocycles. The third-order valence-electron chi connectivity index (χ3n) is 8.37. The number of aromatic nitrogens is 5. The highest BCUT2D eigenvalue weighted by atomic mass is 15.5. The van der Waals surface area contributed by atoms with Gasteiger partial charge in [-0.2, -0.15) is 9.97 Å². The number of piperidine rings is 1. The van der Waals surface area contributed by atoms with Crippen molar-refractivity contribution in [1.82, 2.24) is 29.5 Å². The third kappa shape index (κ3) is 5.32. The van der Waals surface area contributed by atoms with Gasteiger partial charge < -0.3 is 21.0 Å². The van der Waals surface area contributed by atoms with Crippen LogP contribution in [0.3, 0.4) is 0 Å². The summed E-state index contributed by atoms with van der Waals surface area (Å²) in [7, 11) is 0. The van der Waals surface area contributed by atoms with E-state index in [2.05, 4.69) is 31.4 Å². The first-order valence-corrected chi connectivity index (χ1v) is 13.9. The van der Waals surface area contributed by atoms with Crippen molar-refractivity contribution in [3.63, 3.8) is 0 Å². The maximum Gasteiger partial charge on any atom is 0.227 e. The Hall–Kier alpha value is -2.78. The standard InChI is InChI=1S/C27H39N9/c28-21-7-9-22(10-8-21)31-27-32-25(24-26(33-27)36(18-30-24)23-5-1-2-6-23)34-35-14-11-19(12-15-35)16-20-4-3-13-29-17-20/h3-4,13,17-19,21-23H,1-2,5-12,14-16,28H2,(H2,31,32,33,34). The zero-order valence-electron chi connectivity index (χ0n) is 21.1. The van der Waals surface area contributed by atoms with Crippen LogP contribution >= 0.6 is 0 Å². The van der Waals surface area contributed by atoms with Gasteiger partial charge in [-0.3, -0.25) is 4.98 Å². The minimum absolute atomic E-state index is 0.327. The highest BCUT2D eigenvalue weighted by molar-refractivity contribution is 5.84. The quantitative estimate of drug-likeness (QED) is 0.451. The van der Waals surface area contributed by atoms with Crippen LogP contribution in [0.4, 0.5) is 11.8 Å². The van der Waals surface area contributed by atoms with E-state index in [1.807, 2.05) is 24.8 Å². The molecule has 0 atom stereocenters. The van der Waals surface area contributed by atoms with Gasteiger partial charge in [0, 0.05) is 43.6 Å². The van der Waals surface area contributed by atoms with Gasteiger partial charge >= 0.3 is 0 Å². The van der Waals surface area contributed by atoms with Crippen LogP contribution in [-0.4, -0.2) is 54.7 Å². The number of anilines is 2. The van der Waals surface area contributed by atoms with Gasteiger partial charge in [-0.05, 0) is 75.3 Å². The Morgan fingerprint density at radius 3 is 2.53 bits per heavy atom. The Labute approximate surface area is 213 Å². The fourth-order valence-electron chi connectivity index (χ4n) is 6.21. The maximum atomic E-state index is 6.13. The molecule has 6 rings (SSSR count). The Kier molecular flexibility index (Phi) is 7.01. The smallest absolute Gasteiger partial charge is 0.227 e. The van der Waals surface area contributed by atoms with Crippen molar-refractivity contribution in [2.75, 3.05) is 23.8 Å². The van der Waals surface area contributed by atoms with Crippen LogP contribution < -0.4 is 16.5 Å². The summed E-state index contributed by atoms with van der Waals surface area (Å²) in [6.07, 6.45) is 18.4. The second-order valence-electron chi connectivity index (χ2n) is 11.0. The fraction of sp³-hybridized carbons (Fsp3) is 0.630. The molecule has 3 aliphatic rings. The van der Waals surface area contributed by atoms with E-state index in [1.165, 1.54) is 31.2 Å². The molecule has 9 heteroatoms. The molecule has 3 aromatic heterocycles. The normalized spacial score (nSPS) is 24.4. The van der Waals surface area contributed by atoms with E-state index >= 15 is 0 Å².